The van der Waals surface area contributed by atoms with E-state index in [0.29, 0.717) is 0 Å². The quantitative estimate of drug-likeness (QED) is 0.557. The van der Waals surface area contributed by atoms with Crippen molar-refractivity contribution in [2.24, 2.45) is 0 Å². The van der Waals surface area contributed by atoms with Crippen LogP contribution in [0.15, 0.2) is 36.4 Å². The second-order valence-electron chi connectivity index (χ2n) is 8.42. The maximum Gasteiger partial charge on any atom is 1.00 e. The molecule has 0 heterocycles. The Bertz CT molecular complexity index is 641. The van der Waals surface area contributed by atoms with Gasteiger partial charge in [-0.25, -0.2) is 0 Å². The van der Waals surface area contributed by atoms with Crippen LogP contribution in [0.5, 0.6) is 0 Å². The molecule has 0 aromatic heterocycles. The first kappa shape index (κ1) is 17.4. The van der Waals surface area contributed by atoms with Crippen LogP contribution < -0.4 is 18.9 Å². The molecular weight excluding hydrogens is 259 g/mol. The van der Waals surface area contributed by atoms with Gasteiger partial charge >= 0.3 is 18.9 Å². The van der Waals surface area contributed by atoms with Gasteiger partial charge in [-0.05, 0) is 50.6 Å². The van der Waals surface area contributed by atoms with Gasteiger partial charge in [0.15, 0.2) is 0 Å². The summed E-state index contributed by atoms with van der Waals surface area (Å²) in [7, 11) is 0. The number of fused-ring (bicyclic) bond motifs is 3. The third-order valence-electron chi connectivity index (χ3n) is 4.62. The van der Waals surface area contributed by atoms with Gasteiger partial charge < -0.3 is 1.43 Å². The van der Waals surface area contributed by atoms with E-state index in [1.54, 1.807) is 0 Å². The summed E-state index contributed by atoms with van der Waals surface area (Å²) in [4.78, 5) is 0. The van der Waals surface area contributed by atoms with Gasteiger partial charge in [0, 0.05) is 0 Å². The molecule has 2 aromatic carbocycles. The van der Waals surface area contributed by atoms with E-state index in [1.807, 2.05) is 0 Å². The Hall–Kier alpha value is -0.963. The summed E-state index contributed by atoms with van der Waals surface area (Å²) in [6.45, 7) is 13.7. The van der Waals surface area contributed by atoms with Crippen molar-refractivity contribution in [2.45, 2.75) is 58.8 Å². The monoisotopic (exact) mass is 286 g/mol. The van der Waals surface area contributed by atoms with Crippen LogP contribution in [0.2, 0.25) is 0 Å². The van der Waals surface area contributed by atoms with Crippen molar-refractivity contribution in [2.75, 3.05) is 0 Å². The van der Waals surface area contributed by atoms with Crippen LogP contribution >= 0.6 is 0 Å². The van der Waals surface area contributed by atoms with Gasteiger partial charge in [-0.1, -0.05) is 77.9 Å². The molecule has 0 saturated carbocycles. The fourth-order valence-electron chi connectivity index (χ4n) is 3.10. The van der Waals surface area contributed by atoms with Crippen molar-refractivity contribution in [3.05, 3.63) is 58.7 Å². The third kappa shape index (κ3) is 3.05. The maximum absolute atomic E-state index is 2.41. The van der Waals surface area contributed by atoms with Gasteiger partial charge in [0.25, 0.3) is 0 Å². The topological polar surface area (TPSA) is 0 Å². The Morgan fingerprint density at radius 2 is 1.05 bits per heavy atom. The van der Waals surface area contributed by atoms with Crippen LogP contribution in [0, 0.1) is 0 Å². The molecule has 1 heteroatoms. The fourth-order valence-corrected chi connectivity index (χ4v) is 3.10. The predicted octanol–water partition coefficient (Wildman–Crippen LogP) is 2.97. The van der Waals surface area contributed by atoms with Crippen molar-refractivity contribution in [3.8, 4) is 11.1 Å². The molecule has 0 radical (unpaired) electrons. The van der Waals surface area contributed by atoms with E-state index in [2.05, 4.69) is 77.9 Å². The molecule has 0 fully saturated rings. The SMILES string of the molecule is CC(C)(C)c1ccc2c(c1)-c1cc(C(C)(C)C)ccc1C2.[H-].[Li+]. The molecule has 0 saturated heterocycles. The molecule has 112 valence electrons. The van der Waals surface area contributed by atoms with Crippen LogP contribution in [0.1, 0.15) is 65.2 Å². The molecule has 0 N–H and O–H groups in total. The Morgan fingerprint density at radius 3 is 1.36 bits per heavy atom. The number of hydrogen-bond acceptors (Lipinski definition) is 0. The zero-order valence-electron chi connectivity index (χ0n) is 16.2. The van der Waals surface area contributed by atoms with Crippen LogP contribution in [0.25, 0.3) is 11.1 Å². The van der Waals surface area contributed by atoms with Gasteiger partial charge in [0.1, 0.15) is 0 Å². The average Bonchev–Trinajstić information content (AvgIpc) is 2.73. The second-order valence-corrected chi connectivity index (χ2v) is 8.42. The summed E-state index contributed by atoms with van der Waals surface area (Å²) in [5.74, 6) is 0. The van der Waals surface area contributed by atoms with E-state index in [9.17, 15) is 0 Å². The summed E-state index contributed by atoms with van der Waals surface area (Å²) in [5.41, 5.74) is 9.12. The Morgan fingerprint density at radius 1 is 0.682 bits per heavy atom. The average molecular weight is 286 g/mol. The Labute approximate surface area is 149 Å². The molecule has 1 aliphatic carbocycles. The largest absolute Gasteiger partial charge is 1.00 e. The second kappa shape index (κ2) is 5.59. The van der Waals surface area contributed by atoms with Gasteiger partial charge in [0.05, 0.1) is 0 Å². The van der Waals surface area contributed by atoms with Gasteiger partial charge in [-0.3, -0.25) is 0 Å². The summed E-state index contributed by atoms with van der Waals surface area (Å²) < 4.78 is 0. The van der Waals surface area contributed by atoms with Crippen molar-refractivity contribution >= 4 is 0 Å². The van der Waals surface area contributed by atoms with E-state index >= 15 is 0 Å². The molecule has 0 amide bonds. The first-order valence-electron chi connectivity index (χ1n) is 7.93. The van der Waals surface area contributed by atoms with Gasteiger partial charge in [-0.15, -0.1) is 0 Å². The first-order valence-corrected chi connectivity index (χ1v) is 7.93. The third-order valence-corrected chi connectivity index (χ3v) is 4.62. The standard InChI is InChI=1S/C21H26.Li.H/c1-20(2,3)16-9-7-14-11-15-8-10-17(21(4,5)6)13-19(15)18(14)12-16;;/h7-10,12-13H,11H2,1-6H3;;/q;+1;-1. The molecular formula is C21H27Li. The van der Waals surface area contributed by atoms with Crippen molar-refractivity contribution in [1.29, 1.82) is 0 Å². The van der Waals surface area contributed by atoms with Gasteiger partial charge in [-0.2, -0.15) is 0 Å². The molecule has 0 atom stereocenters. The summed E-state index contributed by atoms with van der Waals surface area (Å²) in [6, 6.07) is 14.1. The molecule has 0 nitrogen and oxygen atoms in total. The minimum Gasteiger partial charge on any atom is -1.00 e. The van der Waals surface area contributed by atoms with E-state index in [-0.39, 0.29) is 31.1 Å². The van der Waals surface area contributed by atoms with Crippen molar-refractivity contribution in [1.82, 2.24) is 0 Å². The van der Waals surface area contributed by atoms with Gasteiger partial charge in [0.2, 0.25) is 0 Å². The Kier molecular flexibility index (Phi) is 4.42. The van der Waals surface area contributed by atoms with E-state index < -0.39 is 0 Å². The minimum absolute atomic E-state index is 0. The first-order chi connectivity index (χ1) is 9.66. The maximum atomic E-state index is 2.41. The van der Waals surface area contributed by atoms with Crippen LogP contribution in [0.3, 0.4) is 0 Å². The summed E-state index contributed by atoms with van der Waals surface area (Å²) in [5, 5.41) is 0. The number of benzene rings is 2. The van der Waals surface area contributed by atoms with E-state index in [0.717, 1.165) is 6.42 Å². The molecule has 22 heavy (non-hydrogen) atoms. The normalized spacial score (nSPS) is 13.4. The van der Waals surface area contributed by atoms with Crippen LogP contribution in [-0.4, -0.2) is 0 Å². The molecule has 1 aliphatic rings. The number of rotatable bonds is 0. The minimum atomic E-state index is 0. The summed E-state index contributed by atoms with van der Waals surface area (Å²) in [6.07, 6.45) is 1.08. The molecule has 3 rings (SSSR count). The molecule has 0 unspecified atom stereocenters. The smallest absolute Gasteiger partial charge is 1.00 e. The van der Waals surface area contributed by atoms with Crippen molar-refractivity contribution < 1.29 is 20.3 Å². The fraction of sp³-hybridized carbons (Fsp3) is 0.429. The molecule has 0 spiro atoms. The molecule has 0 aliphatic heterocycles. The van der Waals surface area contributed by atoms with E-state index in [4.69, 9.17) is 0 Å². The van der Waals surface area contributed by atoms with Crippen LogP contribution in [0.4, 0.5) is 0 Å². The van der Waals surface area contributed by atoms with E-state index in [1.165, 1.54) is 33.4 Å². The zero-order valence-corrected chi connectivity index (χ0v) is 15.2. The summed E-state index contributed by atoms with van der Waals surface area (Å²) >= 11 is 0. The molecule has 0 bridgehead atoms. The molecule has 2 aromatic rings. The van der Waals surface area contributed by atoms with Crippen LogP contribution in [-0.2, 0) is 17.3 Å². The number of hydrogen-bond donors (Lipinski definition) is 0. The Balaban J connectivity index is 0.00000132. The predicted molar refractivity (Wildman–Crippen MR) is 93.2 cm³/mol. The zero-order chi connectivity index (χ0) is 15.4. The van der Waals surface area contributed by atoms with Crippen molar-refractivity contribution in [3.63, 3.8) is 0 Å².